The minimum atomic E-state index is 0.528. The second-order valence-corrected chi connectivity index (χ2v) is 32.2. The normalized spacial score (nSPS) is 11.6. The molecule has 0 amide bonds. The Morgan fingerprint density at radius 1 is 0.204 bits per heavy atom. The largest absolute Gasteiger partial charge is 0.490 e. The zero-order chi connectivity index (χ0) is 76.0. The van der Waals surface area contributed by atoms with Crippen LogP contribution in [0.15, 0.2) is 69.5 Å². The number of rotatable bonds is 75. The molecule has 0 saturated heterocycles. The van der Waals surface area contributed by atoms with Crippen molar-refractivity contribution >= 4 is 22.2 Å². The average Bonchev–Trinajstić information content (AvgIpc) is 1.59. The molecule has 0 N–H and O–H groups in total. The highest BCUT2D eigenvalue weighted by Crippen LogP contribution is 2.45. The molecule has 0 spiro atoms. The van der Waals surface area contributed by atoms with E-state index in [1.807, 2.05) is 0 Å². The number of fused-ring (bicyclic) bond motifs is 2. The Morgan fingerprint density at radius 2 is 0.389 bits per heavy atom. The predicted molar refractivity (Wildman–Crippen MR) is 462 cm³/mol. The number of hydrogen-bond donors (Lipinski definition) is 0. The summed E-state index contributed by atoms with van der Waals surface area (Å²) in [7, 11) is 0. The van der Waals surface area contributed by atoms with E-state index < -0.39 is 0 Å². The maximum atomic E-state index is 6.82. The number of oxazole rings is 2. The fourth-order valence-electron chi connectivity index (χ4n) is 15.2. The predicted octanol–water partition coefficient (Wildman–Crippen LogP) is 32.8. The van der Waals surface area contributed by atoms with Crippen molar-refractivity contribution < 1.29 is 37.3 Å². The highest BCUT2D eigenvalue weighted by atomic mass is 16.5. The molecule has 0 fully saturated rings. The summed E-state index contributed by atoms with van der Waals surface area (Å²) in [5, 5.41) is 0. The van der Waals surface area contributed by atoms with Gasteiger partial charge in [0.25, 0.3) is 0 Å². The van der Waals surface area contributed by atoms with Crippen molar-refractivity contribution in [2.45, 2.75) is 427 Å². The van der Waals surface area contributed by atoms with Gasteiger partial charge in [0.1, 0.15) is 11.0 Å². The van der Waals surface area contributed by atoms with Crippen molar-refractivity contribution in [1.29, 1.82) is 0 Å². The van der Waals surface area contributed by atoms with Crippen molar-refractivity contribution in [1.82, 2.24) is 9.97 Å². The maximum absolute atomic E-state index is 6.82. The minimum Gasteiger partial charge on any atom is -0.490 e. The average molecular weight is 1490 g/mol. The molecular formula is C98H160N2O8. The van der Waals surface area contributed by atoms with E-state index in [-0.39, 0.29) is 0 Å². The van der Waals surface area contributed by atoms with Gasteiger partial charge in [-0.15, -0.1) is 0 Å². The molecule has 0 saturated carbocycles. The summed E-state index contributed by atoms with van der Waals surface area (Å²) in [6.07, 6.45) is 76.5. The van der Waals surface area contributed by atoms with Crippen molar-refractivity contribution in [3.05, 3.63) is 60.7 Å². The molecule has 4 aromatic carbocycles. The SMILES string of the molecule is CCCCCCCCCCCCOc1cc(-c2nc3ccc(-c4ccc5nc(-c6cc(OCCCCCCCCCCCC)c(OCCCCCCCCCCCC)c(OCCCCCCCCCCCC)c6)oc5c4)cc3o2)cc(OCCCCCCCCCCCC)c1OCCCCCCCCCCCC. The Labute approximate surface area is 661 Å². The standard InChI is InChI=1S/C98H160N2O8/c1-7-13-19-25-31-37-43-49-55-61-71-101-91-79-85(80-92(102-72-62-56-50-44-38-32-26-20-14-8-2)95(91)105-75-65-59-53-47-41-35-29-23-17-11-5)97-99-87-69-67-83(77-89(87)107-97)84-68-70-88-90(78-84)108-98(100-88)86-81-93(103-73-63-57-51-45-39-33-27-21-15-9-3)96(106-76-66-60-54-48-42-36-30-24-18-12-6)94(82-86)104-74-64-58-52-46-40-34-28-22-16-10-4/h67-70,77-82H,7-66,71-76H2,1-6H3. The first kappa shape index (κ1) is 91.5. The van der Waals surface area contributed by atoms with Gasteiger partial charge in [0, 0.05) is 11.1 Å². The van der Waals surface area contributed by atoms with Crippen molar-refractivity contribution in [2.75, 3.05) is 39.6 Å². The first-order chi connectivity index (χ1) is 53.5. The van der Waals surface area contributed by atoms with Gasteiger partial charge >= 0.3 is 0 Å². The van der Waals surface area contributed by atoms with Crippen LogP contribution in [0.5, 0.6) is 34.5 Å². The third-order valence-corrected chi connectivity index (χ3v) is 22.2. The topological polar surface area (TPSA) is 107 Å². The van der Waals surface area contributed by atoms with Gasteiger partial charge in [0.05, 0.1) is 39.6 Å². The molecule has 6 rings (SSSR count). The fraction of sp³-hybridized carbons (Fsp3) is 0.735. The summed E-state index contributed by atoms with van der Waals surface area (Å²) in [5.41, 5.74) is 6.60. The lowest BCUT2D eigenvalue weighted by molar-refractivity contribution is 0.234. The van der Waals surface area contributed by atoms with Crippen LogP contribution in [0.1, 0.15) is 427 Å². The van der Waals surface area contributed by atoms with E-state index in [1.54, 1.807) is 0 Å². The van der Waals surface area contributed by atoms with Gasteiger partial charge < -0.3 is 37.3 Å². The molecule has 2 heterocycles. The Bertz CT molecular complexity index is 2810. The fourth-order valence-corrected chi connectivity index (χ4v) is 15.2. The van der Waals surface area contributed by atoms with E-state index in [2.05, 4.69) is 102 Å². The number of ether oxygens (including phenoxy) is 6. The van der Waals surface area contributed by atoms with Crippen molar-refractivity contribution in [2.24, 2.45) is 0 Å². The van der Waals surface area contributed by atoms with Crippen molar-refractivity contribution in [3.63, 3.8) is 0 Å². The second kappa shape index (κ2) is 62.2. The van der Waals surface area contributed by atoms with Gasteiger partial charge in [-0.2, -0.15) is 0 Å². The summed E-state index contributed by atoms with van der Waals surface area (Å²) in [6.45, 7) is 17.5. The van der Waals surface area contributed by atoms with Gasteiger partial charge in [0.15, 0.2) is 34.2 Å². The summed E-state index contributed by atoms with van der Waals surface area (Å²) in [5.74, 6) is 5.31. The number of aromatic nitrogens is 2. The number of nitrogens with zero attached hydrogens (tertiary/aromatic N) is 2. The lowest BCUT2D eigenvalue weighted by Gasteiger charge is -2.18. The monoisotopic (exact) mass is 1490 g/mol. The van der Waals surface area contributed by atoms with Crippen LogP contribution >= 0.6 is 0 Å². The molecule has 10 heteroatoms. The summed E-state index contributed by atoms with van der Waals surface area (Å²) in [4.78, 5) is 10.3. The first-order valence-electron chi connectivity index (χ1n) is 46.4. The third-order valence-electron chi connectivity index (χ3n) is 22.2. The molecule has 610 valence electrons. The summed E-state index contributed by atoms with van der Waals surface area (Å²) < 4.78 is 54.6. The van der Waals surface area contributed by atoms with E-state index in [1.165, 1.54) is 308 Å². The lowest BCUT2D eigenvalue weighted by Crippen LogP contribution is -2.07. The molecule has 10 nitrogen and oxygen atoms in total. The van der Waals surface area contributed by atoms with Crippen LogP contribution in [0.25, 0.3) is 56.2 Å². The smallest absolute Gasteiger partial charge is 0.227 e. The molecule has 6 aromatic rings. The number of benzene rings is 4. The quantitative estimate of drug-likeness (QED) is 0.0343. The maximum Gasteiger partial charge on any atom is 0.227 e. The van der Waals surface area contributed by atoms with Crippen LogP contribution in [-0.2, 0) is 0 Å². The molecule has 108 heavy (non-hydrogen) atoms. The van der Waals surface area contributed by atoms with E-state index >= 15 is 0 Å². The molecule has 0 unspecified atom stereocenters. The Balaban J connectivity index is 1.24. The Morgan fingerprint density at radius 3 is 0.593 bits per heavy atom. The van der Waals surface area contributed by atoms with Crippen LogP contribution < -0.4 is 28.4 Å². The zero-order valence-electron chi connectivity index (χ0n) is 70.6. The molecular weight excluding hydrogens is 1330 g/mol. The summed E-state index contributed by atoms with van der Waals surface area (Å²) in [6, 6.07) is 20.9. The highest BCUT2D eigenvalue weighted by Gasteiger charge is 2.23. The molecule has 0 aliphatic carbocycles. The van der Waals surface area contributed by atoms with Crippen molar-refractivity contribution in [3.8, 4) is 68.5 Å². The summed E-state index contributed by atoms with van der Waals surface area (Å²) >= 11 is 0. The third kappa shape index (κ3) is 39.7. The molecule has 2 aromatic heterocycles. The lowest BCUT2D eigenvalue weighted by atomic mass is 10.1. The second-order valence-electron chi connectivity index (χ2n) is 32.2. The molecule has 0 aliphatic heterocycles. The molecule has 0 atom stereocenters. The van der Waals surface area contributed by atoms with Gasteiger partial charge in [-0.25, -0.2) is 9.97 Å². The van der Waals surface area contributed by atoms with Crippen LogP contribution in [0.2, 0.25) is 0 Å². The first-order valence-corrected chi connectivity index (χ1v) is 46.4. The van der Waals surface area contributed by atoms with Crippen LogP contribution in [-0.4, -0.2) is 49.6 Å². The number of unbranched alkanes of at least 4 members (excludes halogenated alkanes) is 54. The van der Waals surface area contributed by atoms with Crippen LogP contribution in [0, 0.1) is 0 Å². The van der Waals surface area contributed by atoms with Gasteiger partial charge in [-0.05, 0) is 98.2 Å². The van der Waals surface area contributed by atoms with E-state index in [0.29, 0.717) is 97.1 Å². The molecule has 0 radical (unpaired) electrons. The highest BCUT2D eigenvalue weighted by molar-refractivity contribution is 5.87. The van der Waals surface area contributed by atoms with E-state index in [9.17, 15) is 0 Å². The molecule has 0 aliphatic rings. The Kier molecular flexibility index (Phi) is 52.7. The van der Waals surface area contributed by atoms with Gasteiger partial charge in [-0.3, -0.25) is 0 Å². The zero-order valence-corrected chi connectivity index (χ0v) is 70.6. The minimum absolute atomic E-state index is 0.528. The van der Waals surface area contributed by atoms with Crippen LogP contribution in [0.4, 0.5) is 0 Å². The molecule has 0 bridgehead atoms. The van der Waals surface area contributed by atoms with Crippen LogP contribution in [0.3, 0.4) is 0 Å². The number of hydrogen-bond acceptors (Lipinski definition) is 10. The Hall–Kier alpha value is -5.38. The van der Waals surface area contributed by atoms with Gasteiger partial charge in [-0.1, -0.05) is 400 Å². The van der Waals surface area contributed by atoms with E-state index in [0.717, 1.165) is 110 Å². The van der Waals surface area contributed by atoms with Gasteiger partial charge in [0.2, 0.25) is 23.3 Å². The van der Waals surface area contributed by atoms with E-state index in [4.69, 9.17) is 47.2 Å².